The van der Waals surface area contributed by atoms with Gasteiger partial charge in [0.2, 0.25) is 0 Å². The van der Waals surface area contributed by atoms with Crippen molar-refractivity contribution in [2.45, 2.75) is 0 Å². The van der Waals surface area contributed by atoms with E-state index in [0.717, 1.165) is 6.08 Å². The molecule has 0 atom stereocenters. The van der Waals surface area contributed by atoms with Gasteiger partial charge in [-0.3, -0.25) is 0 Å². The van der Waals surface area contributed by atoms with Crippen LogP contribution in [-0.4, -0.2) is 17.9 Å². The highest BCUT2D eigenvalue weighted by atomic mass is 16.4. The Morgan fingerprint density at radius 2 is 1.44 bits per heavy atom. The van der Waals surface area contributed by atoms with Crippen LogP contribution in [0, 0.1) is 0 Å². The molecule has 3 heteroatoms. The van der Waals surface area contributed by atoms with Crippen molar-refractivity contribution in [3.05, 3.63) is 25.8 Å². The number of carboxylic acid groups (broad SMARTS) is 1. The Kier molecular flexibility index (Phi) is 53.0. The highest BCUT2D eigenvalue weighted by Gasteiger charge is 1.73. The summed E-state index contributed by atoms with van der Waals surface area (Å²) in [5.74, 6) is -0.981. The lowest BCUT2D eigenvalue weighted by molar-refractivity contribution is -0.131. The molecule has 0 aromatic rings. The molecule has 0 bridgehead atoms. The first kappa shape index (κ1) is 15.6. The lowest BCUT2D eigenvalue weighted by atomic mass is 10.7. The molecule has 0 aromatic carbocycles. The van der Waals surface area contributed by atoms with Crippen LogP contribution in [0.5, 0.6) is 0 Å². The molecule has 0 aromatic heterocycles. The van der Waals surface area contributed by atoms with E-state index < -0.39 is 5.97 Å². The van der Waals surface area contributed by atoms with Crippen LogP contribution >= 0.6 is 0 Å². The molecular formula is C6H10O3. The minimum atomic E-state index is -0.981. The zero-order chi connectivity index (χ0) is 8.28. The standard InChI is InChI=1S/C3H4O2.C2H4.CH2O/c1-2-3(4)5;2*1-2/h2H,1H2,(H,4,5);1-2H2;1H2. The average molecular weight is 130 g/mol. The van der Waals surface area contributed by atoms with Crippen LogP contribution in [0.3, 0.4) is 0 Å². The SMILES string of the molecule is C=C.C=CC(=O)O.C=O. The van der Waals surface area contributed by atoms with Crippen LogP contribution in [0.25, 0.3) is 0 Å². The van der Waals surface area contributed by atoms with Gasteiger partial charge in [-0.2, -0.15) is 0 Å². The van der Waals surface area contributed by atoms with Gasteiger partial charge in [-0.05, 0) is 0 Å². The van der Waals surface area contributed by atoms with Gasteiger partial charge in [0.05, 0.1) is 0 Å². The number of carbonyl (C=O) groups is 2. The Morgan fingerprint density at radius 3 is 1.44 bits per heavy atom. The fourth-order valence-corrected chi connectivity index (χ4v) is 0. The van der Waals surface area contributed by atoms with Crippen molar-refractivity contribution in [1.29, 1.82) is 0 Å². The van der Waals surface area contributed by atoms with E-state index in [1.807, 2.05) is 6.79 Å². The molecule has 0 amide bonds. The van der Waals surface area contributed by atoms with Gasteiger partial charge in [0.1, 0.15) is 6.79 Å². The Labute approximate surface area is 54.3 Å². The first-order valence-electron chi connectivity index (χ1n) is 1.91. The highest BCUT2D eigenvalue weighted by Crippen LogP contribution is 1.54. The second-order valence-electron chi connectivity index (χ2n) is 0.542. The predicted molar refractivity (Wildman–Crippen MR) is 36.2 cm³/mol. The molecule has 0 fully saturated rings. The van der Waals surface area contributed by atoms with Crippen molar-refractivity contribution in [3.63, 3.8) is 0 Å². The summed E-state index contributed by atoms with van der Waals surface area (Å²) >= 11 is 0. The van der Waals surface area contributed by atoms with E-state index in [4.69, 9.17) is 9.90 Å². The number of hydrogen-bond acceptors (Lipinski definition) is 2. The van der Waals surface area contributed by atoms with Crippen molar-refractivity contribution in [2.24, 2.45) is 0 Å². The third-order valence-electron chi connectivity index (χ3n) is 0.175. The Morgan fingerprint density at radius 1 is 1.33 bits per heavy atom. The number of hydrogen-bond donors (Lipinski definition) is 1. The topological polar surface area (TPSA) is 54.4 Å². The van der Waals surface area contributed by atoms with Crippen molar-refractivity contribution in [3.8, 4) is 0 Å². The zero-order valence-corrected chi connectivity index (χ0v) is 5.17. The fraction of sp³-hybridized carbons (Fsp3) is 0. The largest absolute Gasteiger partial charge is 0.478 e. The predicted octanol–water partition coefficient (Wildman–Crippen LogP) is 0.874. The van der Waals surface area contributed by atoms with Crippen LogP contribution in [0.15, 0.2) is 25.8 Å². The van der Waals surface area contributed by atoms with Gasteiger partial charge in [0.25, 0.3) is 0 Å². The van der Waals surface area contributed by atoms with Crippen LogP contribution in [-0.2, 0) is 9.59 Å². The van der Waals surface area contributed by atoms with Crippen LogP contribution in [0.2, 0.25) is 0 Å². The third-order valence-corrected chi connectivity index (χ3v) is 0.175. The van der Waals surface area contributed by atoms with Crippen LogP contribution in [0.4, 0.5) is 0 Å². The Balaban J connectivity index is -0.0000000771. The van der Waals surface area contributed by atoms with Gasteiger partial charge in [0.15, 0.2) is 0 Å². The average Bonchev–Trinajstić information content (AvgIpc) is 1.97. The van der Waals surface area contributed by atoms with Crippen molar-refractivity contribution in [2.75, 3.05) is 0 Å². The van der Waals surface area contributed by atoms with Gasteiger partial charge >= 0.3 is 5.97 Å². The van der Waals surface area contributed by atoms with Gasteiger partial charge in [-0.25, -0.2) is 4.79 Å². The van der Waals surface area contributed by atoms with Gasteiger partial charge in [-0.15, -0.1) is 13.2 Å². The number of carboxylic acids is 1. The minimum absolute atomic E-state index is 0.833. The van der Waals surface area contributed by atoms with E-state index in [2.05, 4.69) is 19.7 Å². The zero-order valence-electron chi connectivity index (χ0n) is 5.17. The normalized spacial score (nSPS) is 4.44. The molecule has 0 unspecified atom stereocenters. The molecule has 0 rings (SSSR count). The second kappa shape index (κ2) is 30.5. The van der Waals surface area contributed by atoms with E-state index in [1.54, 1.807) is 0 Å². The quantitative estimate of drug-likeness (QED) is 0.423. The number of rotatable bonds is 1. The first-order valence-corrected chi connectivity index (χ1v) is 1.91. The second-order valence-corrected chi connectivity index (χ2v) is 0.542. The molecule has 0 radical (unpaired) electrons. The third kappa shape index (κ3) is 368. The maximum absolute atomic E-state index is 9.25. The van der Waals surface area contributed by atoms with E-state index in [9.17, 15) is 4.79 Å². The number of carbonyl (C=O) groups excluding carboxylic acids is 1. The molecule has 0 saturated heterocycles. The lowest BCUT2D eigenvalue weighted by Gasteiger charge is -1.64. The van der Waals surface area contributed by atoms with Crippen molar-refractivity contribution < 1.29 is 14.7 Å². The van der Waals surface area contributed by atoms with E-state index >= 15 is 0 Å². The van der Waals surface area contributed by atoms with Gasteiger partial charge in [-0.1, -0.05) is 6.58 Å². The Hall–Kier alpha value is -1.38. The fourth-order valence-electron chi connectivity index (χ4n) is 0. The summed E-state index contributed by atoms with van der Waals surface area (Å²) in [4.78, 5) is 17.2. The molecule has 1 N–H and O–H groups in total. The maximum Gasteiger partial charge on any atom is 0.327 e. The summed E-state index contributed by atoms with van der Waals surface area (Å²) in [6.45, 7) is 11.0. The first-order chi connectivity index (χ1) is 4.27. The summed E-state index contributed by atoms with van der Waals surface area (Å²) in [7, 11) is 0. The molecule has 52 valence electrons. The van der Waals surface area contributed by atoms with Crippen molar-refractivity contribution >= 4 is 12.8 Å². The molecular weight excluding hydrogens is 120 g/mol. The molecule has 0 heterocycles. The molecule has 0 aliphatic carbocycles. The monoisotopic (exact) mass is 130 g/mol. The summed E-state index contributed by atoms with van der Waals surface area (Å²) in [6.07, 6.45) is 0.833. The molecule has 0 saturated carbocycles. The number of aliphatic carboxylic acids is 1. The maximum atomic E-state index is 9.25. The van der Waals surface area contributed by atoms with Crippen LogP contribution in [0.1, 0.15) is 0 Å². The summed E-state index contributed by atoms with van der Waals surface area (Å²) < 4.78 is 0. The smallest absolute Gasteiger partial charge is 0.327 e. The molecule has 3 nitrogen and oxygen atoms in total. The molecule has 0 aliphatic heterocycles. The summed E-state index contributed by atoms with van der Waals surface area (Å²) in [5, 5.41) is 7.60. The lowest BCUT2D eigenvalue weighted by Crippen LogP contribution is -1.82. The van der Waals surface area contributed by atoms with E-state index in [1.165, 1.54) is 0 Å². The molecule has 0 spiro atoms. The van der Waals surface area contributed by atoms with Crippen LogP contribution < -0.4 is 0 Å². The highest BCUT2D eigenvalue weighted by molar-refractivity contribution is 5.78. The molecule has 9 heavy (non-hydrogen) atoms. The summed E-state index contributed by atoms with van der Waals surface area (Å²) in [5.41, 5.74) is 0. The van der Waals surface area contributed by atoms with Gasteiger partial charge in [0, 0.05) is 6.08 Å². The summed E-state index contributed by atoms with van der Waals surface area (Å²) in [6, 6.07) is 0. The van der Waals surface area contributed by atoms with Crippen molar-refractivity contribution in [1.82, 2.24) is 0 Å². The van der Waals surface area contributed by atoms with E-state index in [0.29, 0.717) is 0 Å². The van der Waals surface area contributed by atoms with E-state index in [-0.39, 0.29) is 0 Å². The molecule has 0 aliphatic rings. The minimum Gasteiger partial charge on any atom is -0.478 e. The van der Waals surface area contributed by atoms with Gasteiger partial charge < -0.3 is 9.90 Å². The Bertz CT molecular complexity index is 76.4.